The zero-order valence-corrected chi connectivity index (χ0v) is 17.9. The highest BCUT2D eigenvalue weighted by Crippen LogP contribution is 2.30. The van der Waals surface area contributed by atoms with Crippen molar-refractivity contribution in [3.05, 3.63) is 53.6 Å². The molecule has 0 aliphatic carbocycles. The third-order valence-electron chi connectivity index (χ3n) is 5.26. The minimum atomic E-state index is -3.63. The highest BCUT2D eigenvalue weighted by atomic mass is 32.2. The van der Waals surface area contributed by atoms with E-state index in [4.69, 9.17) is 14.2 Å². The molecule has 166 valence electrons. The van der Waals surface area contributed by atoms with E-state index in [0.29, 0.717) is 38.3 Å². The van der Waals surface area contributed by atoms with Crippen molar-refractivity contribution >= 4 is 15.9 Å². The number of hydrogen-bond donors (Lipinski definition) is 2. The van der Waals surface area contributed by atoms with Crippen molar-refractivity contribution in [2.24, 2.45) is 0 Å². The summed E-state index contributed by atoms with van der Waals surface area (Å²) in [7, 11) is -3.63. The second kappa shape index (κ2) is 9.67. The lowest BCUT2D eigenvalue weighted by Gasteiger charge is -2.18. The Balaban J connectivity index is 1.28. The van der Waals surface area contributed by atoms with E-state index in [9.17, 15) is 13.2 Å². The van der Waals surface area contributed by atoms with Crippen LogP contribution in [0.2, 0.25) is 0 Å². The third kappa shape index (κ3) is 5.55. The predicted octanol–water partition coefficient (Wildman–Crippen LogP) is 1.89. The summed E-state index contributed by atoms with van der Waals surface area (Å²) < 4.78 is 43.9. The zero-order valence-electron chi connectivity index (χ0n) is 17.1. The van der Waals surface area contributed by atoms with Crippen LogP contribution in [0, 0.1) is 0 Å². The van der Waals surface area contributed by atoms with Crippen LogP contribution >= 0.6 is 0 Å². The molecule has 1 fully saturated rings. The van der Waals surface area contributed by atoms with E-state index >= 15 is 0 Å². The van der Waals surface area contributed by atoms with Gasteiger partial charge in [-0.3, -0.25) is 4.79 Å². The second-order valence-corrected chi connectivity index (χ2v) is 9.26. The molecule has 2 aliphatic rings. The summed E-state index contributed by atoms with van der Waals surface area (Å²) in [5, 5.41) is 2.86. The molecule has 0 saturated carbocycles. The molecule has 0 radical (unpaired) electrons. The molecule has 2 heterocycles. The van der Waals surface area contributed by atoms with Crippen molar-refractivity contribution in [3.63, 3.8) is 0 Å². The monoisotopic (exact) mass is 446 g/mol. The van der Waals surface area contributed by atoms with Gasteiger partial charge in [-0.25, -0.2) is 13.1 Å². The third-order valence-corrected chi connectivity index (χ3v) is 6.70. The molecule has 4 rings (SSSR count). The number of carbonyl (C=O) groups is 1. The lowest BCUT2D eigenvalue weighted by atomic mass is 10.1. The molecule has 8 nitrogen and oxygen atoms in total. The van der Waals surface area contributed by atoms with Gasteiger partial charge in [0.15, 0.2) is 11.5 Å². The van der Waals surface area contributed by atoms with E-state index in [0.717, 1.165) is 29.9 Å². The summed E-state index contributed by atoms with van der Waals surface area (Å²) in [6, 6.07) is 11.6. The number of sulfonamides is 1. The van der Waals surface area contributed by atoms with E-state index < -0.39 is 10.0 Å². The molecule has 2 N–H and O–H groups in total. The molecular weight excluding hydrogens is 420 g/mol. The summed E-state index contributed by atoms with van der Waals surface area (Å²) in [4.78, 5) is 12.5. The van der Waals surface area contributed by atoms with Crippen LogP contribution in [0.15, 0.2) is 47.4 Å². The lowest BCUT2D eigenvalue weighted by Crippen LogP contribution is -2.32. The maximum absolute atomic E-state index is 12.4. The van der Waals surface area contributed by atoms with E-state index in [2.05, 4.69) is 10.0 Å². The Labute approximate surface area is 181 Å². The van der Waals surface area contributed by atoms with Crippen LogP contribution in [0.1, 0.15) is 28.8 Å². The maximum Gasteiger partial charge on any atom is 0.251 e. The topological polar surface area (TPSA) is 103 Å². The van der Waals surface area contributed by atoms with Gasteiger partial charge < -0.3 is 19.5 Å². The molecule has 2 aromatic rings. The van der Waals surface area contributed by atoms with Crippen molar-refractivity contribution in [1.82, 2.24) is 10.0 Å². The fourth-order valence-electron chi connectivity index (χ4n) is 3.54. The van der Waals surface area contributed by atoms with E-state index in [1.54, 1.807) is 0 Å². The number of ether oxygens (including phenoxy) is 3. The zero-order chi connectivity index (χ0) is 21.7. The van der Waals surface area contributed by atoms with Gasteiger partial charge in [0.1, 0.15) is 13.2 Å². The van der Waals surface area contributed by atoms with Crippen LogP contribution < -0.4 is 19.5 Å². The quantitative estimate of drug-likeness (QED) is 0.642. The van der Waals surface area contributed by atoms with Crippen molar-refractivity contribution in [3.8, 4) is 11.5 Å². The standard InChI is InChI=1S/C22H26N2O6S/c25-22(23-10-9-16-3-8-20-21(14-16)30-13-12-29-20)17-4-6-19(7-5-17)31(26,27)24-15-18-2-1-11-28-18/h3-8,14,18,24H,1-2,9-13,15H2,(H,23,25)/t18-/m1/s1. The Hall–Kier alpha value is -2.62. The summed E-state index contributed by atoms with van der Waals surface area (Å²) in [6.45, 7) is 2.45. The first-order valence-corrected chi connectivity index (χ1v) is 11.9. The van der Waals surface area contributed by atoms with Crippen molar-refractivity contribution in [2.75, 3.05) is 32.9 Å². The van der Waals surface area contributed by atoms with E-state index in [-0.39, 0.29) is 23.5 Å². The Morgan fingerprint density at radius 2 is 1.77 bits per heavy atom. The molecule has 31 heavy (non-hydrogen) atoms. The highest BCUT2D eigenvalue weighted by molar-refractivity contribution is 7.89. The van der Waals surface area contributed by atoms with Crippen LogP contribution in [0.25, 0.3) is 0 Å². The number of hydrogen-bond acceptors (Lipinski definition) is 6. The summed E-state index contributed by atoms with van der Waals surface area (Å²) in [6.07, 6.45) is 2.37. The average Bonchev–Trinajstić information content (AvgIpc) is 3.32. The first-order chi connectivity index (χ1) is 15.0. The van der Waals surface area contributed by atoms with Crippen LogP contribution in [0.4, 0.5) is 0 Å². The van der Waals surface area contributed by atoms with Gasteiger partial charge in [-0.2, -0.15) is 0 Å². The first kappa shape index (κ1) is 21.6. The second-order valence-electron chi connectivity index (χ2n) is 7.50. The van der Waals surface area contributed by atoms with Crippen LogP contribution in [-0.2, 0) is 21.2 Å². The molecule has 0 unspecified atom stereocenters. The van der Waals surface area contributed by atoms with Gasteiger partial charge in [0.05, 0.1) is 11.0 Å². The number of fused-ring (bicyclic) bond motifs is 1. The minimum Gasteiger partial charge on any atom is -0.486 e. The van der Waals surface area contributed by atoms with Crippen LogP contribution in [0.3, 0.4) is 0 Å². The molecule has 0 aromatic heterocycles. The largest absolute Gasteiger partial charge is 0.486 e. The Morgan fingerprint density at radius 3 is 2.52 bits per heavy atom. The van der Waals surface area contributed by atoms with Crippen molar-refractivity contribution < 1.29 is 27.4 Å². The predicted molar refractivity (Wildman–Crippen MR) is 114 cm³/mol. The Morgan fingerprint density at radius 1 is 1.00 bits per heavy atom. The number of amides is 1. The Bertz CT molecular complexity index is 1020. The first-order valence-electron chi connectivity index (χ1n) is 10.4. The van der Waals surface area contributed by atoms with Gasteiger partial charge >= 0.3 is 0 Å². The van der Waals surface area contributed by atoms with Crippen molar-refractivity contribution in [1.29, 1.82) is 0 Å². The van der Waals surface area contributed by atoms with Gasteiger partial charge in [-0.15, -0.1) is 0 Å². The van der Waals surface area contributed by atoms with Gasteiger partial charge in [-0.1, -0.05) is 6.07 Å². The molecule has 1 atom stereocenters. The molecular formula is C22H26N2O6S. The number of nitrogens with one attached hydrogen (secondary N) is 2. The number of benzene rings is 2. The molecule has 9 heteroatoms. The number of carbonyl (C=O) groups excluding carboxylic acids is 1. The van der Waals surface area contributed by atoms with Crippen molar-refractivity contribution in [2.45, 2.75) is 30.3 Å². The molecule has 2 aromatic carbocycles. The maximum atomic E-state index is 12.4. The van der Waals surface area contributed by atoms with E-state index in [1.165, 1.54) is 24.3 Å². The molecule has 2 aliphatic heterocycles. The van der Waals surface area contributed by atoms with E-state index in [1.807, 2.05) is 18.2 Å². The average molecular weight is 447 g/mol. The Kier molecular flexibility index (Phi) is 6.74. The number of rotatable bonds is 8. The van der Waals surface area contributed by atoms with Gasteiger partial charge in [0.25, 0.3) is 5.91 Å². The van der Waals surface area contributed by atoms with Gasteiger partial charge in [0, 0.05) is 25.3 Å². The van der Waals surface area contributed by atoms with Crippen LogP contribution in [0.5, 0.6) is 11.5 Å². The SMILES string of the molecule is O=C(NCCc1ccc2c(c1)OCCO2)c1ccc(S(=O)(=O)NC[C@H]2CCCO2)cc1. The molecule has 1 saturated heterocycles. The van der Waals surface area contributed by atoms with Gasteiger partial charge in [0.2, 0.25) is 10.0 Å². The summed E-state index contributed by atoms with van der Waals surface area (Å²) >= 11 is 0. The lowest BCUT2D eigenvalue weighted by molar-refractivity contribution is 0.0954. The summed E-state index contributed by atoms with van der Waals surface area (Å²) in [5.74, 6) is 1.20. The minimum absolute atomic E-state index is 0.0750. The molecule has 0 bridgehead atoms. The normalized spacial score (nSPS) is 18.0. The fraction of sp³-hybridized carbons (Fsp3) is 0.409. The smallest absolute Gasteiger partial charge is 0.251 e. The fourth-order valence-corrected chi connectivity index (χ4v) is 4.61. The van der Waals surface area contributed by atoms with Gasteiger partial charge in [-0.05, 0) is 61.2 Å². The highest BCUT2D eigenvalue weighted by Gasteiger charge is 2.20. The summed E-state index contributed by atoms with van der Waals surface area (Å²) in [5.41, 5.74) is 1.43. The molecule has 1 amide bonds. The van der Waals surface area contributed by atoms with Crippen LogP contribution in [-0.4, -0.2) is 53.3 Å². The molecule has 0 spiro atoms.